The van der Waals surface area contributed by atoms with Crippen LogP contribution in [0.1, 0.15) is 16.1 Å². The standard InChI is InChI=1S/C18H12ClN3O4/c19-14-6-4-12(5-7-14)18(23)21-20-11-16-8-9-17(26-16)13-2-1-3-15(10-13)22(24)25/h1-11H,(H,21,23)/b20-11+. The predicted molar refractivity (Wildman–Crippen MR) is 97.3 cm³/mol. The van der Waals surface area contributed by atoms with E-state index in [9.17, 15) is 14.9 Å². The molecule has 1 amide bonds. The lowest BCUT2D eigenvalue weighted by Crippen LogP contribution is -2.17. The van der Waals surface area contributed by atoms with Gasteiger partial charge in [0.1, 0.15) is 11.5 Å². The first-order valence-corrected chi connectivity index (χ1v) is 7.84. The molecular formula is C18H12ClN3O4. The van der Waals surface area contributed by atoms with E-state index < -0.39 is 4.92 Å². The molecule has 1 N–H and O–H groups in total. The molecule has 26 heavy (non-hydrogen) atoms. The summed E-state index contributed by atoms with van der Waals surface area (Å²) < 4.78 is 5.57. The number of halogens is 1. The Morgan fingerprint density at radius 2 is 1.92 bits per heavy atom. The molecule has 0 fully saturated rings. The van der Waals surface area contributed by atoms with Crippen LogP contribution in [0.25, 0.3) is 11.3 Å². The molecule has 0 bridgehead atoms. The summed E-state index contributed by atoms with van der Waals surface area (Å²) in [4.78, 5) is 22.3. The van der Waals surface area contributed by atoms with Crippen LogP contribution in [-0.2, 0) is 0 Å². The molecule has 2 aromatic carbocycles. The topological polar surface area (TPSA) is 97.7 Å². The van der Waals surface area contributed by atoms with Crippen LogP contribution < -0.4 is 5.43 Å². The predicted octanol–water partition coefficient (Wildman–Crippen LogP) is 4.27. The van der Waals surface area contributed by atoms with E-state index in [4.69, 9.17) is 16.0 Å². The Kier molecular flexibility index (Phi) is 5.09. The molecule has 0 aliphatic heterocycles. The zero-order valence-electron chi connectivity index (χ0n) is 13.3. The smallest absolute Gasteiger partial charge is 0.271 e. The molecule has 0 atom stereocenters. The highest BCUT2D eigenvalue weighted by molar-refractivity contribution is 6.30. The summed E-state index contributed by atoms with van der Waals surface area (Å²) >= 11 is 5.77. The molecule has 3 rings (SSSR count). The molecule has 1 aromatic heterocycles. The Hall–Kier alpha value is -3.45. The van der Waals surface area contributed by atoms with Crippen LogP contribution in [0.3, 0.4) is 0 Å². The van der Waals surface area contributed by atoms with Crippen molar-refractivity contribution in [2.75, 3.05) is 0 Å². The van der Waals surface area contributed by atoms with Crippen LogP contribution in [0.15, 0.2) is 70.2 Å². The highest BCUT2D eigenvalue weighted by atomic mass is 35.5. The summed E-state index contributed by atoms with van der Waals surface area (Å²) in [5, 5.41) is 15.2. The van der Waals surface area contributed by atoms with Gasteiger partial charge in [0.2, 0.25) is 0 Å². The molecular weight excluding hydrogens is 358 g/mol. The van der Waals surface area contributed by atoms with Gasteiger partial charge in [0.15, 0.2) is 0 Å². The van der Waals surface area contributed by atoms with Crippen molar-refractivity contribution in [2.45, 2.75) is 0 Å². The lowest BCUT2D eigenvalue weighted by molar-refractivity contribution is -0.384. The number of carbonyl (C=O) groups excluding carboxylic acids is 1. The van der Waals surface area contributed by atoms with Gasteiger partial charge in [0.25, 0.3) is 11.6 Å². The molecule has 0 aliphatic carbocycles. The normalized spacial score (nSPS) is 10.8. The van der Waals surface area contributed by atoms with Crippen LogP contribution in [0.5, 0.6) is 0 Å². The van der Waals surface area contributed by atoms with E-state index >= 15 is 0 Å². The second-order valence-electron chi connectivity index (χ2n) is 5.22. The van der Waals surface area contributed by atoms with Crippen LogP contribution >= 0.6 is 11.6 Å². The Morgan fingerprint density at radius 3 is 2.65 bits per heavy atom. The third kappa shape index (κ3) is 4.14. The monoisotopic (exact) mass is 369 g/mol. The van der Waals surface area contributed by atoms with E-state index in [1.54, 1.807) is 48.5 Å². The Morgan fingerprint density at radius 1 is 1.15 bits per heavy atom. The number of furan rings is 1. The number of nitrogens with zero attached hydrogens (tertiary/aromatic N) is 2. The largest absolute Gasteiger partial charge is 0.455 e. The van der Waals surface area contributed by atoms with Crippen molar-refractivity contribution in [3.8, 4) is 11.3 Å². The fourth-order valence-electron chi connectivity index (χ4n) is 2.17. The highest BCUT2D eigenvalue weighted by Gasteiger charge is 2.10. The lowest BCUT2D eigenvalue weighted by atomic mass is 10.1. The molecule has 3 aromatic rings. The van der Waals surface area contributed by atoms with Crippen molar-refractivity contribution in [3.05, 3.63) is 87.1 Å². The van der Waals surface area contributed by atoms with Crippen molar-refractivity contribution < 1.29 is 14.1 Å². The first-order chi connectivity index (χ1) is 12.5. The van der Waals surface area contributed by atoms with E-state index in [1.807, 2.05) is 0 Å². The lowest BCUT2D eigenvalue weighted by Gasteiger charge is -1.99. The van der Waals surface area contributed by atoms with E-state index in [2.05, 4.69) is 10.5 Å². The maximum Gasteiger partial charge on any atom is 0.271 e. The quantitative estimate of drug-likeness (QED) is 0.412. The number of nitro benzene ring substituents is 1. The fourth-order valence-corrected chi connectivity index (χ4v) is 2.30. The third-order valence-electron chi connectivity index (χ3n) is 3.43. The van der Waals surface area contributed by atoms with Gasteiger partial charge in [0, 0.05) is 28.3 Å². The molecule has 130 valence electrons. The average Bonchev–Trinajstić information content (AvgIpc) is 3.11. The maximum absolute atomic E-state index is 11.9. The Balaban J connectivity index is 1.67. The van der Waals surface area contributed by atoms with Crippen LogP contribution in [0, 0.1) is 10.1 Å². The highest BCUT2D eigenvalue weighted by Crippen LogP contribution is 2.25. The van der Waals surface area contributed by atoms with Gasteiger partial charge in [-0.3, -0.25) is 14.9 Å². The summed E-state index contributed by atoms with van der Waals surface area (Å²) in [6.07, 6.45) is 1.34. The van der Waals surface area contributed by atoms with Crippen molar-refractivity contribution in [1.82, 2.24) is 5.43 Å². The van der Waals surface area contributed by atoms with Crippen molar-refractivity contribution in [3.63, 3.8) is 0 Å². The number of carbonyl (C=O) groups is 1. The van der Waals surface area contributed by atoms with Crippen molar-refractivity contribution >= 4 is 29.4 Å². The number of hydrazone groups is 1. The number of rotatable bonds is 5. The molecule has 0 unspecified atom stereocenters. The first-order valence-electron chi connectivity index (χ1n) is 7.46. The van der Waals surface area contributed by atoms with Gasteiger partial charge in [-0.05, 0) is 36.4 Å². The Labute approximate surface area is 153 Å². The fraction of sp³-hybridized carbons (Fsp3) is 0. The zero-order valence-corrected chi connectivity index (χ0v) is 14.0. The van der Waals surface area contributed by atoms with Gasteiger partial charge < -0.3 is 4.42 Å². The molecule has 0 saturated heterocycles. The van der Waals surface area contributed by atoms with Gasteiger partial charge in [-0.15, -0.1) is 0 Å². The van der Waals surface area contributed by atoms with Gasteiger partial charge >= 0.3 is 0 Å². The minimum Gasteiger partial charge on any atom is -0.455 e. The van der Waals surface area contributed by atoms with E-state index in [0.29, 0.717) is 27.7 Å². The minimum atomic E-state index is -0.471. The third-order valence-corrected chi connectivity index (χ3v) is 3.68. The number of nitrogens with one attached hydrogen (secondary N) is 1. The summed E-state index contributed by atoms with van der Waals surface area (Å²) in [7, 11) is 0. The first kappa shape index (κ1) is 17.4. The molecule has 0 spiro atoms. The number of hydrogen-bond acceptors (Lipinski definition) is 5. The van der Waals surface area contributed by atoms with Crippen molar-refractivity contribution in [1.29, 1.82) is 0 Å². The number of non-ortho nitro benzene ring substituents is 1. The summed E-state index contributed by atoms with van der Waals surface area (Å²) in [5.74, 6) is 0.463. The van der Waals surface area contributed by atoms with Crippen LogP contribution in [-0.4, -0.2) is 17.0 Å². The van der Waals surface area contributed by atoms with Gasteiger partial charge in [-0.25, -0.2) is 5.43 Å². The van der Waals surface area contributed by atoms with Crippen molar-refractivity contribution in [2.24, 2.45) is 5.10 Å². The second kappa shape index (κ2) is 7.62. The van der Waals surface area contributed by atoms with E-state index in [1.165, 1.54) is 18.3 Å². The number of nitro groups is 1. The molecule has 0 aliphatic rings. The van der Waals surface area contributed by atoms with Crippen LogP contribution in [0.4, 0.5) is 5.69 Å². The SMILES string of the molecule is O=C(N/N=C/c1ccc(-c2cccc([N+](=O)[O-])c2)o1)c1ccc(Cl)cc1. The van der Waals surface area contributed by atoms with E-state index in [0.717, 1.165) is 0 Å². The summed E-state index contributed by atoms with van der Waals surface area (Å²) in [6, 6.07) is 15.8. The molecule has 0 radical (unpaired) electrons. The molecule has 0 saturated carbocycles. The molecule has 8 heteroatoms. The molecule has 7 nitrogen and oxygen atoms in total. The van der Waals surface area contributed by atoms with Gasteiger partial charge in [0.05, 0.1) is 11.1 Å². The molecule has 1 heterocycles. The zero-order chi connectivity index (χ0) is 18.5. The van der Waals surface area contributed by atoms with Gasteiger partial charge in [-0.1, -0.05) is 23.7 Å². The minimum absolute atomic E-state index is 0.0238. The summed E-state index contributed by atoms with van der Waals surface area (Å²) in [6.45, 7) is 0. The van der Waals surface area contributed by atoms with E-state index in [-0.39, 0.29) is 11.6 Å². The number of amides is 1. The maximum atomic E-state index is 11.9. The Bertz CT molecular complexity index is 980. The second-order valence-corrected chi connectivity index (χ2v) is 5.65. The number of benzene rings is 2. The van der Waals surface area contributed by atoms with Gasteiger partial charge in [-0.2, -0.15) is 5.10 Å². The number of hydrogen-bond donors (Lipinski definition) is 1. The average molecular weight is 370 g/mol. The summed E-state index contributed by atoms with van der Waals surface area (Å²) in [5.41, 5.74) is 3.35. The van der Waals surface area contributed by atoms with Crippen LogP contribution in [0.2, 0.25) is 5.02 Å².